The Bertz CT molecular complexity index is 1090. The second-order valence-corrected chi connectivity index (χ2v) is 7.39. The lowest BCUT2D eigenvalue weighted by molar-refractivity contribution is -0.123. The summed E-state index contributed by atoms with van der Waals surface area (Å²) >= 11 is 0. The predicted octanol–water partition coefficient (Wildman–Crippen LogP) is -0.353. The minimum Gasteiger partial charge on any atom is -0.377 e. The maximum absolute atomic E-state index is 12.7. The number of ether oxygens (including phenoxy) is 1. The summed E-state index contributed by atoms with van der Waals surface area (Å²) in [7, 11) is 0. The molecule has 11 heteroatoms. The quantitative estimate of drug-likeness (QED) is 0.524. The largest absolute Gasteiger partial charge is 0.377 e. The molecule has 2 amide bonds. The highest BCUT2D eigenvalue weighted by Gasteiger charge is 2.37. The second kappa shape index (κ2) is 7.34. The highest BCUT2D eigenvalue weighted by atomic mass is 16.5. The molecule has 1 unspecified atom stereocenters. The molecule has 0 radical (unpaired) electrons. The average Bonchev–Trinajstić information content (AvgIpc) is 3.44. The van der Waals surface area contributed by atoms with Crippen LogP contribution in [0.1, 0.15) is 33.5 Å². The maximum Gasteiger partial charge on any atom is 0.291 e. The number of rotatable bonds is 5. The molecular formula is C19H20N8O3. The smallest absolute Gasteiger partial charge is 0.291 e. The van der Waals surface area contributed by atoms with Gasteiger partial charge in [-0.2, -0.15) is 14.8 Å². The van der Waals surface area contributed by atoms with E-state index in [0.717, 1.165) is 12.0 Å². The summed E-state index contributed by atoms with van der Waals surface area (Å²) in [4.78, 5) is 33.6. The molecule has 5 rings (SSSR count). The fraction of sp³-hybridized carbons (Fsp3) is 0.368. The number of aromatic nitrogens is 6. The first-order valence-electron chi connectivity index (χ1n) is 9.66. The number of hydrogen-bond acceptors (Lipinski definition) is 7. The SMILES string of the molecule is Cc1nc(C(=O)N[C@@H]2COC[C@@H]2NC(=O)C2Cc3ccccc32)nn1-c1ncn[nH]1. The van der Waals surface area contributed by atoms with E-state index in [1.807, 2.05) is 24.3 Å². The molecule has 1 aromatic carbocycles. The molecular weight excluding hydrogens is 388 g/mol. The summed E-state index contributed by atoms with van der Waals surface area (Å²) in [5, 5.41) is 16.5. The van der Waals surface area contributed by atoms with Gasteiger partial charge in [-0.05, 0) is 24.5 Å². The van der Waals surface area contributed by atoms with Crippen molar-refractivity contribution in [2.24, 2.45) is 0 Å². The summed E-state index contributed by atoms with van der Waals surface area (Å²) in [6.45, 7) is 2.36. The Labute approximate surface area is 171 Å². The lowest BCUT2D eigenvalue weighted by atomic mass is 9.77. The van der Waals surface area contributed by atoms with E-state index in [1.54, 1.807) is 6.92 Å². The van der Waals surface area contributed by atoms with Crippen LogP contribution in [0.5, 0.6) is 0 Å². The van der Waals surface area contributed by atoms with Crippen LogP contribution in [0, 0.1) is 6.92 Å². The predicted molar refractivity (Wildman–Crippen MR) is 103 cm³/mol. The topological polar surface area (TPSA) is 140 Å². The molecule has 154 valence electrons. The Morgan fingerprint density at radius 2 is 2.00 bits per heavy atom. The Morgan fingerprint density at radius 1 is 1.20 bits per heavy atom. The lowest BCUT2D eigenvalue weighted by Gasteiger charge is -2.30. The monoisotopic (exact) mass is 408 g/mol. The molecule has 2 aliphatic rings. The van der Waals surface area contributed by atoms with Crippen LogP contribution in [0.2, 0.25) is 0 Å². The van der Waals surface area contributed by atoms with Crippen molar-refractivity contribution in [3.63, 3.8) is 0 Å². The number of nitrogens with one attached hydrogen (secondary N) is 3. The van der Waals surface area contributed by atoms with E-state index in [0.29, 0.717) is 25.0 Å². The van der Waals surface area contributed by atoms with Crippen molar-refractivity contribution >= 4 is 11.8 Å². The number of carbonyl (C=O) groups is 2. The third kappa shape index (κ3) is 3.22. The fourth-order valence-corrected chi connectivity index (χ4v) is 3.84. The van der Waals surface area contributed by atoms with Crippen molar-refractivity contribution in [3.05, 3.63) is 53.4 Å². The molecule has 3 heterocycles. The van der Waals surface area contributed by atoms with E-state index in [1.165, 1.54) is 16.6 Å². The van der Waals surface area contributed by atoms with Crippen LogP contribution in [0.4, 0.5) is 0 Å². The van der Waals surface area contributed by atoms with Crippen LogP contribution < -0.4 is 10.6 Å². The molecule has 1 aliphatic carbocycles. The van der Waals surface area contributed by atoms with E-state index in [9.17, 15) is 9.59 Å². The molecule has 11 nitrogen and oxygen atoms in total. The number of benzene rings is 1. The molecule has 0 saturated carbocycles. The molecule has 30 heavy (non-hydrogen) atoms. The standard InChI is InChI=1S/C19H20N8O3/c1-10-22-16(26-27(10)19-20-9-21-25-19)18(29)24-15-8-30-7-14(15)23-17(28)13-6-11-4-2-3-5-12(11)13/h2-5,9,13-15H,6-8H2,1H3,(H,23,28)(H,24,29)(H,20,21,25)/t13?,14-,15+/m0/s1. The van der Waals surface area contributed by atoms with Gasteiger partial charge in [0, 0.05) is 0 Å². The molecule has 0 bridgehead atoms. The average molecular weight is 408 g/mol. The summed E-state index contributed by atoms with van der Waals surface area (Å²) in [5.74, 6) is 0.225. The first-order valence-corrected chi connectivity index (χ1v) is 9.66. The maximum atomic E-state index is 12.7. The minimum absolute atomic E-state index is 0.00815. The number of aromatic amines is 1. The van der Waals surface area contributed by atoms with Crippen LogP contribution in [-0.4, -0.2) is 67.1 Å². The molecule has 1 aliphatic heterocycles. The van der Waals surface area contributed by atoms with Gasteiger partial charge < -0.3 is 15.4 Å². The van der Waals surface area contributed by atoms with Crippen molar-refractivity contribution in [2.45, 2.75) is 31.3 Å². The van der Waals surface area contributed by atoms with E-state index < -0.39 is 5.91 Å². The number of nitrogens with zero attached hydrogens (tertiary/aromatic N) is 5. The fourth-order valence-electron chi connectivity index (χ4n) is 3.84. The van der Waals surface area contributed by atoms with Gasteiger partial charge in [-0.1, -0.05) is 24.3 Å². The molecule has 0 spiro atoms. The van der Waals surface area contributed by atoms with Gasteiger partial charge in [0.05, 0.1) is 31.2 Å². The summed E-state index contributed by atoms with van der Waals surface area (Å²) < 4.78 is 6.90. The van der Waals surface area contributed by atoms with Gasteiger partial charge in [-0.3, -0.25) is 9.59 Å². The van der Waals surface area contributed by atoms with Gasteiger partial charge in [-0.15, -0.1) is 5.10 Å². The molecule has 1 fully saturated rings. The molecule has 3 N–H and O–H groups in total. The normalized spacial score (nSPS) is 22.2. The van der Waals surface area contributed by atoms with E-state index in [-0.39, 0.29) is 29.7 Å². The van der Waals surface area contributed by atoms with Crippen molar-refractivity contribution in [1.82, 2.24) is 40.6 Å². The highest BCUT2D eigenvalue weighted by Crippen LogP contribution is 2.35. The zero-order valence-corrected chi connectivity index (χ0v) is 16.2. The van der Waals surface area contributed by atoms with Crippen LogP contribution in [0.15, 0.2) is 30.6 Å². The zero-order valence-electron chi connectivity index (χ0n) is 16.2. The summed E-state index contributed by atoms with van der Waals surface area (Å²) in [5.41, 5.74) is 2.26. The van der Waals surface area contributed by atoms with Crippen LogP contribution in [-0.2, 0) is 16.0 Å². The Morgan fingerprint density at radius 3 is 2.77 bits per heavy atom. The third-order valence-electron chi connectivity index (χ3n) is 5.47. The van der Waals surface area contributed by atoms with Crippen LogP contribution in [0.25, 0.3) is 5.95 Å². The Kier molecular flexibility index (Phi) is 4.51. The number of carbonyl (C=O) groups excluding carboxylic acids is 2. The van der Waals surface area contributed by atoms with Gasteiger partial charge in [0.2, 0.25) is 17.7 Å². The third-order valence-corrected chi connectivity index (χ3v) is 5.47. The van der Waals surface area contributed by atoms with Crippen molar-refractivity contribution in [1.29, 1.82) is 0 Å². The van der Waals surface area contributed by atoms with E-state index in [2.05, 4.69) is 35.9 Å². The summed E-state index contributed by atoms with van der Waals surface area (Å²) in [6, 6.07) is 7.25. The number of amides is 2. The van der Waals surface area contributed by atoms with E-state index >= 15 is 0 Å². The first-order chi connectivity index (χ1) is 14.6. The van der Waals surface area contributed by atoms with E-state index in [4.69, 9.17) is 4.74 Å². The number of hydrogen-bond donors (Lipinski definition) is 3. The molecule has 2 aromatic heterocycles. The summed E-state index contributed by atoms with van der Waals surface area (Å²) in [6.07, 6.45) is 2.08. The van der Waals surface area contributed by atoms with Gasteiger partial charge in [0.1, 0.15) is 12.2 Å². The zero-order chi connectivity index (χ0) is 20.7. The second-order valence-electron chi connectivity index (χ2n) is 7.39. The van der Waals surface area contributed by atoms with Gasteiger partial charge in [0.25, 0.3) is 5.91 Å². The Balaban J connectivity index is 1.23. The lowest BCUT2D eigenvalue weighted by Crippen LogP contribution is -2.52. The van der Waals surface area contributed by atoms with Gasteiger partial charge in [-0.25, -0.2) is 10.1 Å². The highest BCUT2D eigenvalue weighted by molar-refractivity contribution is 5.91. The van der Waals surface area contributed by atoms with Crippen LogP contribution in [0.3, 0.4) is 0 Å². The van der Waals surface area contributed by atoms with Crippen LogP contribution >= 0.6 is 0 Å². The number of H-pyrrole nitrogens is 1. The van der Waals surface area contributed by atoms with Crippen molar-refractivity contribution in [3.8, 4) is 5.95 Å². The van der Waals surface area contributed by atoms with Crippen molar-refractivity contribution < 1.29 is 14.3 Å². The number of fused-ring (bicyclic) bond motifs is 1. The first kappa shape index (κ1) is 18.4. The Hall–Kier alpha value is -3.60. The van der Waals surface area contributed by atoms with Crippen molar-refractivity contribution in [2.75, 3.05) is 13.2 Å². The molecule has 3 aromatic rings. The van der Waals surface area contributed by atoms with Gasteiger partial charge >= 0.3 is 0 Å². The van der Waals surface area contributed by atoms with Gasteiger partial charge in [0.15, 0.2) is 0 Å². The minimum atomic E-state index is -0.444. The number of aryl methyl sites for hydroxylation is 1. The molecule has 1 saturated heterocycles. The molecule has 3 atom stereocenters.